The van der Waals surface area contributed by atoms with Gasteiger partial charge in [-0.25, -0.2) is 9.78 Å². The third-order valence-corrected chi connectivity index (χ3v) is 6.87. The molecule has 3 atom stereocenters. The molecular weight excluding hydrogens is 420 g/mol. The number of benzene rings is 2. The first-order valence-corrected chi connectivity index (χ1v) is 11.4. The Kier molecular flexibility index (Phi) is 5.54. The molecule has 8 heteroatoms. The molecule has 0 saturated carbocycles. The first kappa shape index (κ1) is 21.5. The Hall–Kier alpha value is -3.39. The molecule has 0 bridgehead atoms. The second kappa shape index (κ2) is 8.51. The number of ether oxygens (including phenoxy) is 1. The van der Waals surface area contributed by atoms with Gasteiger partial charge in [0.05, 0.1) is 29.4 Å². The van der Waals surface area contributed by atoms with Gasteiger partial charge in [-0.1, -0.05) is 30.3 Å². The van der Waals surface area contributed by atoms with Crippen molar-refractivity contribution >= 4 is 28.7 Å². The van der Waals surface area contributed by atoms with Crippen LogP contribution in [0.2, 0.25) is 0 Å². The molecule has 5 rings (SSSR count). The molecule has 3 heterocycles. The molecule has 0 aliphatic carbocycles. The van der Waals surface area contributed by atoms with Crippen molar-refractivity contribution in [2.75, 3.05) is 11.5 Å². The van der Waals surface area contributed by atoms with Crippen LogP contribution in [0.3, 0.4) is 0 Å². The number of hydrogen-bond donors (Lipinski definition) is 2. The molecule has 2 amide bonds. The van der Waals surface area contributed by atoms with Gasteiger partial charge in [-0.15, -0.1) is 0 Å². The van der Waals surface area contributed by atoms with Crippen molar-refractivity contribution in [3.63, 3.8) is 0 Å². The molecule has 1 aromatic heterocycles. The van der Waals surface area contributed by atoms with Crippen LogP contribution in [0.1, 0.15) is 49.2 Å². The minimum absolute atomic E-state index is 0.0282. The highest BCUT2D eigenvalue weighted by Crippen LogP contribution is 2.38. The summed E-state index contributed by atoms with van der Waals surface area (Å²) in [6.07, 6.45) is 2.03. The van der Waals surface area contributed by atoms with Crippen molar-refractivity contribution in [3.8, 4) is 0 Å². The number of anilines is 1. The van der Waals surface area contributed by atoms with Gasteiger partial charge in [0.1, 0.15) is 11.9 Å². The van der Waals surface area contributed by atoms with E-state index in [4.69, 9.17) is 15.5 Å². The highest BCUT2D eigenvalue weighted by atomic mass is 16.5. The Morgan fingerprint density at radius 3 is 2.61 bits per heavy atom. The van der Waals surface area contributed by atoms with Crippen molar-refractivity contribution in [1.29, 1.82) is 0 Å². The van der Waals surface area contributed by atoms with Crippen molar-refractivity contribution in [2.45, 2.75) is 57.2 Å². The summed E-state index contributed by atoms with van der Waals surface area (Å²) in [7, 11) is 0. The summed E-state index contributed by atoms with van der Waals surface area (Å²) in [6, 6.07) is 14.0. The minimum atomic E-state index is -0.940. The number of primary amides is 1. The molecule has 2 aromatic carbocycles. The summed E-state index contributed by atoms with van der Waals surface area (Å²) in [5, 5.41) is 9.80. The van der Waals surface area contributed by atoms with Crippen LogP contribution in [-0.4, -0.2) is 45.4 Å². The highest BCUT2D eigenvalue weighted by molar-refractivity contribution is 5.94. The average Bonchev–Trinajstić information content (AvgIpc) is 3.17. The third kappa shape index (κ3) is 3.84. The predicted octanol–water partition coefficient (Wildman–Crippen LogP) is 3.65. The number of carbonyl (C=O) groups is 2. The van der Waals surface area contributed by atoms with Crippen LogP contribution < -0.4 is 10.6 Å². The SMILES string of the molecule is C[C@H]1CCc2c(ccc3c2nc(Cc2ccccc2)n3[C@@H]2CC[C@@H](C(N)=O)OC2)N1C(=O)O. The lowest BCUT2D eigenvalue weighted by atomic mass is 9.95. The zero-order valence-corrected chi connectivity index (χ0v) is 18.6. The van der Waals surface area contributed by atoms with E-state index >= 15 is 0 Å². The quantitative estimate of drug-likeness (QED) is 0.633. The fraction of sp³-hybridized carbons (Fsp3) is 0.400. The largest absolute Gasteiger partial charge is 0.465 e. The average molecular weight is 449 g/mol. The first-order chi connectivity index (χ1) is 15.9. The van der Waals surface area contributed by atoms with Crippen molar-refractivity contribution in [2.24, 2.45) is 5.73 Å². The number of nitrogens with zero attached hydrogens (tertiary/aromatic N) is 3. The van der Waals surface area contributed by atoms with Crippen LogP contribution in [-0.2, 0) is 22.4 Å². The zero-order valence-electron chi connectivity index (χ0n) is 18.6. The van der Waals surface area contributed by atoms with Crippen molar-refractivity contribution < 1.29 is 19.4 Å². The smallest absolute Gasteiger partial charge is 0.412 e. The van der Waals surface area contributed by atoms with E-state index in [9.17, 15) is 14.7 Å². The van der Waals surface area contributed by atoms with Gasteiger partial charge in [0.2, 0.25) is 5.91 Å². The molecule has 1 saturated heterocycles. The van der Waals surface area contributed by atoms with Crippen LogP contribution >= 0.6 is 0 Å². The summed E-state index contributed by atoms with van der Waals surface area (Å²) < 4.78 is 8.02. The van der Waals surface area contributed by atoms with Gasteiger partial charge in [0, 0.05) is 18.0 Å². The van der Waals surface area contributed by atoms with E-state index in [0.29, 0.717) is 19.4 Å². The summed E-state index contributed by atoms with van der Waals surface area (Å²) in [4.78, 5) is 30.0. The normalized spacial score (nSPS) is 22.8. The Bertz CT molecular complexity index is 1200. The van der Waals surface area contributed by atoms with Crippen molar-refractivity contribution in [3.05, 3.63) is 59.4 Å². The van der Waals surface area contributed by atoms with Gasteiger partial charge in [-0.3, -0.25) is 9.69 Å². The number of carbonyl (C=O) groups excluding carboxylic acids is 1. The molecule has 33 heavy (non-hydrogen) atoms. The summed E-state index contributed by atoms with van der Waals surface area (Å²) in [5.41, 5.74) is 10.1. The number of imidazole rings is 1. The lowest BCUT2D eigenvalue weighted by Gasteiger charge is -2.33. The van der Waals surface area contributed by atoms with Gasteiger partial charge in [0.25, 0.3) is 0 Å². The second-order valence-corrected chi connectivity index (χ2v) is 8.99. The highest BCUT2D eigenvalue weighted by Gasteiger charge is 2.33. The Morgan fingerprint density at radius 2 is 1.94 bits per heavy atom. The molecule has 2 aliphatic heterocycles. The standard InChI is InChI=1S/C25H28N4O4/c1-15-7-9-18-19(28(15)25(31)32)10-11-20-23(18)27-22(13-16-5-3-2-4-6-16)29(20)17-8-12-21(24(26)30)33-14-17/h2-6,10-11,15,17,21H,7-9,12-14H2,1H3,(H2,26,30)(H,31,32)/t15-,17+,21-/m0/s1. The number of aryl methyl sites for hydroxylation is 1. The van der Waals surface area contributed by atoms with Gasteiger partial charge < -0.3 is 20.1 Å². The first-order valence-electron chi connectivity index (χ1n) is 11.4. The molecule has 172 valence electrons. The zero-order chi connectivity index (χ0) is 23.1. The number of fused-ring (bicyclic) bond motifs is 3. The van der Waals surface area contributed by atoms with Gasteiger partial charge >= 0.3 is 6.09 Å². The predicted molar refractivity (Wildman–Crippen MR) is 124 cm³/mol. The van der Waals surface area contributed by atoms with E-state index in [1.807, 2.05) is 37.3 Å². The molecule has 0 radical (unpaired) electrons. The van der Waals surface area contributed by atoms with Gasteiger partial charge in [-0.2, -0.15) is 0 Å². The molecule has 3 N–H and O–H groups in total. The summed E-state index contributed by atoms with van der Waals surface area (Å²) in [5.74, 6) is 0.488. The lowest BCUT2D eigenvalue weighted by Crippen LogP contribution is -2.41. The maximum absolute atomic E-state index is 12.0. The molecule has 2 aliphatic rings. The number of rotatable bonds is 4. The van der Waals surface area contributed by atoms with Crippen LogP contribution in [0.25, 0.3) is 11.0 Å². The van der Waals surface area contributed by atoms with Crippen LogP contribution in [0.15, 0.2) is 42.5 Å². The Morgan fingerprint density at radius 1 is 1.15 bits per heavy atom. The van der Waals surface area contributed by atoms with E-state index in [1.165, 1.54) is 4.90 Å². The van der Waals surface area contributed by atoms with Crippen LogP contribution in [0, 0.1) is 0 Å². The van der Waals surface area contributed by atoms with Gasteiger partial charge in [0.15, 0.2) is 0 Å². The van der Waals surface area contributed by atoms with Crippen LogP contribution in [0.5, 0.6) is 0 Å². The Balaban J connectivity index is 1.61. The van der Waals surface area contributed by atoms with E-state index in [-0.39, 0.29) is 12.1 Å². The second-order valence-electron chi connectivity index (χ2n) is 8.99. The van der Waals surface area contributed by atoms with E-state index in [0.717, 1.165) is 52.9 Å². The number of amides is 2. The molecule has 0 unspecified atom stereocenters. The monoisotopic (exact) mass is 448 g/mol. The van der Waals surface area contributed by atoms with E-state index in [1.54, 1.807) is 0 Å². The summed E-state index contributed by atoms with van der Waals surface area (Å²) >= 11 is 0. The minimum Gasteiger partial charge on any atom is -0.465 e. The number of aromatic nitrogens is 2. The lowest BCUT2D eigenvalue weighted by molar-refractivity contribution is -0.133. The van der Waals surface area contributed by atoms with Crippen LogP contribution in [0.4, 0.5) is 10.5 Å². The maximum atomic E-state index is 12.0. The molecule has 0 spiro atoms. The van der Waals surface area contributed by atoms with Crippen molar-refractivity contribution in [1.82, 2.24) is 9.55 Å². The molecular formula is C25H28N4O4. The fourth-order valence-corrected chi connectivity index (χ4v) is 5.21. The number of nitrogens with two attached hydrogens (primary N) is 1. The number of hydrogen-bond acceptors (Lipinski definition) is 4. The Labute approximate surface area is 192 Å². The molecule has 1 fully saturated rings. The summed E-state index contributed by atoms with van der Waals surface area (Å²) in [6.45, 7) is 2.32. The topological polar surface area (TPSA) is 111 Å². The fourth-order valence-electron chi connectivity index (χ4n) is 5.21. The molecule has 3 aromatic rings. The van der Waals surface area contributed by atoms with Gasteiger partial charge in [-0.05, 0) is 50.3 Å². The maximum Gasteiger partial charge on any atom is 0.412 e. The van der Waals surface area contributed by atoms with E-state index in [2.05, 4.69) is 16.7 Å². The van der Waals surface area contributed by atoms with E-state index < -0.39 is 18.1 Å². The third-order valence-electron chi connectivity index (χ3n) is 6.87. The number of carboxylic acid groups (broad SMARTS) is 1. The molecule has 8 nitrogen and oxygen atoms in total.